The standard InChI is InChI=1S/C20H17N3O4/c1-20(15-6-7-16-17(10-15)27-9-8-26-16)18(24)23(19(25)22-20)12-14-4-2-13(11-21)3-5-14/h2-7,10H,8-9,12H2,1H3,(H,22,25). The number of amides is 3. The van der Waals surface area contributed by atoms with E-state index in [0.717, 1.165) is 5.56 Å². The molecule has 1 N–H and O–H groups in total. The highest BCUT2D eigenvalue weighted by molar-refractivity contribution is 6.07. The van der Waals surface area contributed by atoms with Gasteiger partial charge >= 0.3 is 6.03 Å². The Kier molecular flexibility index (Phi) is 3.96. The predicted octanol–water partition coefficient (Wildman–Crippen LogP) is 2.30. The molecule has 1 atom stereocenters. The zero-order valence-corrected chi connectivity index (χ0v) is 14.7. The molecule has 3 amide bonds. The Morgan fingerprint density at radius 2 is 1.81 bits per heavy atom. The summed E-state index contributed by atoms with van der Waals surface area (Å²) in [4.78, 5) is 26.7. The van der Waals surface area contributed by atoms with Crippen molar-refractivity contribution in [1.82, 2.24) is 10.2 Å². The van der Waals surface area contributed by atoms with Crippen molar-refractivity contribution in [2.45, 2.75) is 19.0 Å². The lowest BCUT2D eigenvalue weighted by molar-refractivity contribution is -0.131. The smallest absolute Gasteiger partial charge is 0.325 e. The van der Waals surface area contributed by atoms with Crippen molar-refractivity contribution >= 4 is 11.9 Å². The summed E-state index contributed by atoms with van der Waals surface area (Å²) in [6, 6.07) is 13.6. The van der Waals surface area contributed by atoms with Gasteiger partial charge in [-0.05, 0) is 42.3 Å². The van der Waals surface area contributed by atoms with E-state index in [0.29, 0.717) is 35.8 Å². The summed E-state index contributed by atoms with van der Waals surface area (Å²) in [5, 5.41) is 11.7. The van der Waals surface area contributed by atoms with Gasteiger partial charge in [0.2, 0.25) is 0 Å². The molecule has 0 bridgehead atoms. The van der Waals surface area contributed by atoms with Gasteiger partial charge in [0.25, 0.3) is 5.91 Å². The first-order chi connectivity index (χ1) is 13.0. The summed E-state index contributed by atoms with van der Waals surface area (Å²) in [5.41, 5.74) is 0.743. The first-order valence-corrected chi connectivity index (χ1v) is 8.54. The van der Waals surface area contributed by atoms with E-state index in [-0.39, 0.29) is 12.5 Å². The fourth-order valence-electron chi connectivity index (χ4n) is 3.26. The SMILES string of the molecule is CC1(c2ccc3c(c2)OCCO3)NC(=O)N(Cc2ccc(C#N)cc2)C1=O. The molecule has 2 aliphatic heterocycles. The van der Waals surface area contributed by atoms with E-state index in [1.807, 2.05) is 6.07 Å². The number of nitrogens with zero attached hydrogens (tertiary/aromatic N) is 2. The molecule has 0 radical (unpaired) electrons. The van der Waals surface area contributed by atoms with Gasteiger partial charge in [-0.2, -0.15) is 5.26 Å². The maximum atomic E-state index is 13.1. The summed E-state index contributed by atoms with van der Waals surface area (Å²) in [6.45, 7) is 2.74. The van der Waals surface area contributed by atoms with Crippen molar-refractivity contribution in [1.29, 1.82) is 5.26 Å². The topological polar surface area (TPSA) is 91.7 Å². The van der Waals surface area contributed by atoms with Gasteiger partial charge in [0.05, 0.1) is 18.2 Å². The van der Waals surface area contributed by atoms with Crippen LogP contribution in [0.1, 0.15) is 23.6 Å². The molecule has 0 spiro atoms. The number of fused-ring (bicyclic) bond motifs is 1. The van der Waals surface area contributed by atoms with E-state index in [4.69, 9.17) is 14.7 Å². The van der Waals surface area contributed by atoms with Crippen LogP contribution in [0.25, 0.3) is 0 Å². The van der Waals surface area contributed by atoms with E-state index in [1.54, 1.807) is 49.4 Å². The van der Waals surface area contributed by atoms with Crippen molar-refractivity contribution in [2.24, 2.45) is 0 Å². The van der Waals surface area contributed by atoms with Crippen LogP contribution in [-0.4, -0.2) is 30.1 Å². The van der Waals surface area contributed by atoms with Crippen molar-refractivity contribution in [3.63, 3.8) is 0 Å². The number of ether oxygens (including phenoxy) is 2. The van der Waals surface area contributed by atoms with E-state index < -0.39 is 11.6 Å². The van der Waals surface area contributed by atoms with Gasteiger partial charge in [-0.1, -0.05) is 18.2 Å². The van der Waals surface area contributed by atoms with Gasteiger partial charge in [-0.15, -0.1) is 0 Å². The molecule has 2 heterocycles. The van der Waals surface area contributed by atoms with Crippen LogP contribution in [-0.2, 0) is 16.9 Å². The number of rotatable bonds is 3. The summed E-state index contributed by atoms with van der Waals surface area (Å²) in [5.74, 6) is 0.848. The van der Waals surface area contributed by atoms with E-state index in [1.165, 1.54) is 4.90 Å². The Balaban J connectivity index is 1.60. The van der Waals surface area contributed by atoms with Gasteiger partial charge in [0.1, 0.15) is 18.8 Å². The van der Waals surface area contributed by atoms with Gasteiger partial charge in [-0.3, -0.25) is 9.69 Å². The van der Waals surface area contributed by atoms with E-state index in [9.17, 15) is 9.59 Å². The summed E-state index contributed by atoms with van der Waals surface area (Å²) in [7, 11) is 0. The molecule has 7 nitrogen and oxygen atoms in total. The second-order valence-electron chi connectivity index (χ2n) is 6.61. The lowest BCUT2D eigenvalue weighted by atomic mass is 9.91. The van der Waals surface area contributed by atoms with Gasteiger partial charge in [0.15, 0.2) is 11.5 Å². The Bertz CT molecular complexity index is 964. The van der Waals surface area contributed by atoms with Crippen molar-refractivity contribution < 1.29 is 19.1 Å². The highest BCUT2D eigenvalue weighted by Crippen LogP contribution is 2.37. The number of carbonyl (C=O) groups is 2. The highest BCUT2D eigenvalue weighted by Gasteiger charge is 2.49. The molecule has 0 aliphatic carbocycles. The third kappa shape index (κ3) is 2.85. The Morgan fingerprint density at radius 3 is 2.52 bits per heavy atom. The van der Waals surface area contributed by atoms with Crippen LogP contribution in [0.4, 0.5) is 4.79 Å². The average molecular weight is 363 g/mol. The van der Waals surface area contributed by atoms with Crippen LogP contribution in [0.2, 0.25) is 0 Å². The molecule has 0 aromatic heterocycles. The van der Waals surface area contributed by atoms with Gasteiger partial charge < -0.3 is 14.8 Å². The molecule has 136 valence electrons. The summed E-state index contributed by atoms with van der Waals surface area (Å²) < 4.78 is 11.1. The largest absolute Gasteiger partial charge is 0.486 e. The Labute approximate surface area is 156 Å². The molecule has 27 heavy (non-hydrogen) atoms. The molecule has 2 aromatic rings. The van der Waals surface area contributed by atoms with E-state index >= 15 is 0 Å². The maximum absolute atomic E-state index is 13.1. The van der Waals surface area contributed by atoms with Crippen LogP contribution in [0.5, 0.6) is 11.5 Å². The minimum absolute atomic E-state index is 0.135. The molecular weight excluding hydrogens is 346 g/mol. The second-order valence-corrected chi connectivity index (χ2v) is 6.61. The number of urea groups is 1. The van der Waals surface area contributed by atoms with Crippen LogP contribution in [0, 0.1) is 11.3 Å². The Morgan fingerprint density at radius 1 is 1.11 bits per heavy atom. The molecule has 7 heteroatoms. The molecule has 1 saturated heterocycles. The van der Waals surface area contributed by atoms with Crippen LogP contribution in [0.15, 0.2) is 42.5 Å². The lowest BCUT2D eigenvalue weighted by Crippen LogP contribution is -2.41. The molecule has 1 fully saturated rings. The molecule has 0 saturated carbocycles. The molecule has 1 unspecified atom stereocenters. The fraction of sp³-hybridized carbons (Fsp3) is 0.250. The number of nitriles is 1. The second kappa shape index (κ2) is 6.32. The predicted molar refractivity (Wildman–Crippen MR) is 95.0 cm³/mol. The van der Waals surface area contributed by atoms with Crippen molar-refractivity contribution in [3.05, 3.63) is 59.2 Å². The first-order valence-electron chi connectivity index (χ1n) is 8.54. The number of carbonyl (C=O) groups excluding carboxylic acids is 2. The van der Waals surface area contributed by atoms with Gasteiger partial charge in [-0.25, -0.2) is 4.79 Å². The zero-order chi connectivity index (χ0) is 19.0. The minimum Gasteiger partial charge on any atom is -0.486 e. The van der Waals surface area contributed by atoms with Crippen molar-refractivity contribution in [3.8, 4) is 17.6 Å². The lowest BCUT2D eigenvalue weighted by Gasteiger charge is -2.25. The zero-order valence-electron chi connectivity index (χ0n) is 14.7. The monoisotopic (exact) mass is 363 g/mol. The number of nitrogens with one attached hydrogen (secondary N) is 1. The number of hydrogen-bond acceptors (Lipinski definition) is 5. The third-order valence-electron chi connectivity index (χ3n) is 4.82. The minimum atomic E-state index is -1.18. The maximum Gasteiger partial charge on any atom is 0.325 e. The average Bonchev–Trinajstić information content (AvgIpc) is 2.92. The summed E-state index contributed by atoms with van der Waals surface area (Å²) in [6.07, 6.45) is 0. The molecular formula is C20H17N3O4. The number of benzene rings is 2. The van der Waals surface area contributed by atoms with Crippen LogP contribution < -0.4 is 14.8 Å². The normalized spacial score (nSPS) is 21.0. The summed E-state index contributed by atoms with van der Waals surface area (Å²) >= 11 is 0. The highest BCUT2D eigenvalue weighted by atomic mass is 16.6. The van der Waals surface area contributed by atoms with Crippen LogP contribution >= 0.6 is 0 Å². The van der Waals surface area contributed by atoms with Crippen molar-refractivity contribution in [2.75, 3.05) is 13.2 Å². The number of imide groups is 1. The number of hydrogen-bond donors (Lipinski definition) is 1. The molecule has 4 rings (SSSR count). The Hall–Kier alpha value is -3.53. The molecule has 2 aromatic carbocycles. The fourth-order valence-corrected chi connectivity index (χ4v) is 3.26. The van der Waals surface area contributed by atoms with Crippen LogP contribution in [0.3, 0.4) is 0 Å². The van der Waals surface area contributed by atoms with Gasteiger partial charge in [0, 0.05) is 0 Å². The quantitative estimate of drug-likeness (QED) is 0.845. The third-order valence-corrected chi connectivity index (χ3v) is 4.82. The van der Waals surface area contributed by atoms with E-state index in [2.05, 4.69) is 5.32 Å². The molecule has 2 aliphatic rings. The first kappa shape index (κ1) is 16.9.